The van der Waals surface area contributed by atoms with Gasteiger partial charge >= 0.3 is 0 Å². The number of piperazine rings is 1. The van der Waals surface area contributed by atoms with Gasteiger partial charge in [-0.25, -0.2) is 0 Å². The Balaban J connectivity index is 0.00000196. The van der Waals surface area contributed by atoms with Crippen LogP contribution >= 0.6 is 23.0 Å². The van der Waals surface area contributed by atoms with Crippen molar-refractivity contribution in [3.05, 3.63) is 36.0 Å². The standard InChI is InChI=1S/C19H27N3O2S.ClH/c1-15-5-6-16-3-2-4-18(19(16)20-15)22-11-9-21(10-12-22)17-7-13-25(23,24)14-8-17;/h2-6,17,23-24H,7-14H2,1H3;1H. The highest BCUT2D eigenvalue weighted by Gasteiger charge is 2.30. The SMILES string of the molecule is Cc1ccc2cccc(N3CCN(C4CCS(O)(O)CC4)CC3)c2n1.Cl. The zero-order valence-corrected chi connectivity index (χ0v) is 16.8. The summed E-state index contributed by atoms with van der Waals surface area (Å²) in [5.41, 5.74) is 3.39. The number of benzene rings is 1. The maximum Gasteiger partial charge on any atom is 0.0938 e. The number of halogens is 1. The Labute approximate surface area is 163 Å². The van der Waals surface area contributed by atoms with Gasteiger partial charge in [-0.1, -0.05) is 18.2 Å². The highest BCUT2D eigenvalue weighted by Crippen LogP contribution is 2.45. The lowest BCUT2D eigenvalue weighted by Gasteiger charge is -2.46. The van der Waals surface area contributed by atoms with Crippen LogP contribution < -0.4 is 4.90 Å². The van der Waals surface area contributed by atoms with Crippen molar-refractivity contribution in [1.82, 2.24) is 9.88 Å². The third kappa shape index (κ3) is 4.10. The first-order valence-corrected chi connectivity index (χ1v) is 11.0. The van der Waals surface area contributed by atoms with Crippen LogP contribution in [0.5, 0.6) is 0 Å². The molecule has 1 aromatic carbocycles. The molecule has 5 nitrogen and oxygen atoms in total. The molecule has 3 heterocycles. The molecule has 0 saturated carbocycles. The van der Waals surface area contributed by atoms with Crippen molar-refractivity contribution >= 4 is 39.6 Å². The van der Waals surface area contributed by atoms with Crippen LogP contribution in [-0.2, 0) is 0 Å². The first-order chi connectivity index (χ1) is 12.0. The van der Waals surface area contributed by atoms with Crippen LogP contribution in [0.3, 0.4) is 0 Å². The molecule has 2 saturated heterocycles. The average molecular weight is 398 g/mol. The topological polar surface area (TPSA) is 59.8 Å². The number of pyridine rings is 1. The normalized spacial score (nSPS) is 22.8. The zero-order chi connectivity index (χ0) is 17.4. The Morgan fingerprint density at radius 2 is 1.69 bits per heavy atom. The molecule has 2 aliphatic rings. The predicted molar refractivity (Wildman–Crippen MR) is 113 cm³/mol. The summed E-state index contributed by atoms with van der Waals surface area (Å²) in [4.78, 5) is 9.75. The summed E-state index contributed by atoms with van der Waals surface area (Å²) in [7, 11) is -2.28. The lowest BCUT2D eigenvalue weighted by Crippen LogP contribution is -2.52. The van der Waals surface area contributed by atoms with Crippen LogP contribution in [0.4, 0.5) is 5.69 Å². The number of nitrogens with zero attached hydrogens (tertiary/aromatic N) is 3. The summed E-state index contributed by atoms with van der Waals surface area (Å²) in [6.07, 6.45) is 1.83. The second kappa shape index (κ2) is 7.90. The van der Waals surface area contributed by atoms with Gasteiger partial charge in [-0.3, -0.25) is 19.0 Å². The number of fused-ring (bicyclic) bond motifs is 1. The van der Waals surface area contributed by atoms with Crippen LogP contribution in [-0.4, -0.2) is 62.7 Å². The first-order valence-electron chi connectivity index (χ1n) is 9.11. The lowest BCUT2D eigenvalue weighted by molar-refractivity contribution is 0.171. The third-order valence-corrected chi connectivity index (χ3v) is 7.34. The van der Waals surface area contributed by atoms with Gasteiger partial charge in [-0.15, -0.1) is 12.4 Å². The van der Waals surface area contributed by atoms with E-state index in [2.05, 4.69) is 40.1 Å². The number of hydrogen-bond donors (Lipinski definition) is 2. The Morgan fingerprint density at radius 1 is 1.00 bits per heavy atom. The first kappa shape index (κ1) is 19.7. The van der Waals surface area contributed by atoms with Crippen LogP contribution in [0.15, 0.2) is 30.3 Å². The van der Waals surface area contributed by atoms with Crippen molar-refractivity contribution in [3.63, 3.8) is 0 Å². The van der Waals surface area contributed by atoms with Gasteiger partial charge in [0.1, 0.15) is 0 Å². The van der Waals surface area contributed by atoms with Crippen molar-refractivity contribution in [2.24, 2.45) is 0 Å². The number of anilines is 1. The van der Waals surface area contributed by atoms with E-state index in [4.69, 9.17) is 4.98 Å². The quantitative estimate of drug-likeness (QED) is 0.802. The predicted octanol–water partition coefficient (Wildman–Crippen LogP) is 4.00. The molecule has 0 amide bonds. The Hall–Kier alpha value is -1.05. The zero-order valence-electron chi connectivity index (χ0n) is 15.2. The van der Waals surface area contributed by atoms with Crippen molar-refractivity contribution in [2.75, 3.05) is 42.6 Å². The summed E-state index contributed by atoms with van der Waals surface area (Å²) >= 11 is 0. The largest absolute Gasteiger partial charge is 0.367 e. The molecular weight excluding hydrogens is 370 g/mol. The molecule has 26 heavy (non-hydrogen) atoms. The van der Waals surface area contributed by atoms with E-state index in [1.165, 1.54) is 11.1 Å². The molecule has 144 valence electrons. The molecule has 2 aliphatic heterocycles. The fourth-order valence-corrected chi connectivity index (χ4v) is 5.58. The number of hydrogen-bond acceptors (Lipinski definition) is 5. The summed E-state index contributed by atoms with van der Waals surface area (Å²) in [5.74, 6) is 1.15. The maximum atomic E-state index is 9.81. The molecule has 0 bridgehead atoms. The van der Waals surface area contributed by atoms with Crippen LogP contribution in [0.25, 0.3) is 10.9 Å². The molecule has 0 atom stereocenters. The summed E-state index contributed by atoms with van der Waals surface area (Å²) in [6.45, 7) is 6.11. The van der Waals surface area contributed by atoms with Crippen molar-refractivity contribution < 1.29 is 9.11 Å². The molecule has 0 aliphatic carbocycles. The number of aromatic nitrogens is 1. The number of aryl methyl sites for hydroxylation is 1. The van der Waals surface area contributed by atoms with E-state index in [0.29, 0.717) is 17.5 Å². The number of rotatable bonds is 2. The minimum atomic E-state index is -2.28. The van der Waals surface area contributed by atoms with Crippen molar-refractivity contribution in [3.8, 4) is 0 Å². The van der Waals surface area contributed by atoms with Gasteiger partial charge in [0.15, 0.2) is 0 Å². The average Bonchev–Trinajstić information content (AvgIpc) is 2.61. The van der Waals surface area contributed by atoms with Crippen molar-refractivity contribution in [1.29, 1.82) is 0 Å². The van der Waals surface area contributed by atoms with Gasteiger partial charge in [0, 0.05) is 54.8 Å². The lowest BCUT2D eigenvalue weighted by atomic mass is 10.1. The fourth-order valence-electron chi connectivity index (χ4n) is 4.07. The molecule has 4 rings (SSSR count). The molecule has 0 spiro atoms. The molecule has 0 radical (unpaired) electrons. The second-order valence-corrected chi connectivity index (χ2v) is 9.69. The summed E-state index contributed by atoms with van der Waals surface area (Å²) in [6, 6.07) is 11.2. The maximum absolute atomic E-state index is 9.81. The minimum Gasteiger partial charge on any atom is -0.367 e. The van der Waals surface area contributed by atoms with Gasteiger partial charge in [0.25, 0.3) is 0 Å². The van der Waals surface area contributed by atoms with E-state index in [1.807, 2.05) is 6.92 Å². The van der Waals surface area contributed by atoms with Crippen LogP contribution in [0.1, 0.15) is 18.5 Å². The summed E-state index contributed by atoms with van der Waals surface area (Å²) in [5, 5.41) is 1.20. The van der Waals surface area contributed by atoms with Gasteiger partial charge in [-0.2, -0.15) is 10.6 Å². The Morgan fingerprint density at radius 3 is 2.38 bits per heavy atom. The van der Waals surface area contributed by atoms with E-state index >= 15 is 0 Å². The molecule has 2 aromatic rings. The smallest absolute Gasteiger partial charge is 0.0938 e. The second-order valence-electron chi connectivity index (χ2n) is 7.27. The van der Waals surface area contributed by atoms with Crippen molar-refractivity contribution in [2.45, 2.75) is 25.8 Å². The van der Waals surface area contributed by atoms with Crippen LogP contribution in [0.2, 0.25) is 0 Å². The number of para-hydroxylation sites is 1. The van der Waals surface area contributed by atoms with E-state index in [-0.39, 0.29) is 12.4 Å². The van der Waals surface area contributed by atoms with E-state index in [0.717, 1.165) is 50.2 Å². The highest BCUT2D eigenvalue weighted by molar-refractivity contribution is 8.24. The third-order valence-electron chi connectivity index (χ3n) is 5.57. The van der Waals surface area contributed by atoms with Gasteiger partial charge in [0.05, 0.1) is 11.2 Å². The molecular formula is C19H28ClN3O2S. The minimum absolute atomic E-state index is 0. The Kier molecular flexibility index (Phi) is 5.99. The van der Waals surface area contributed by atoms with E-state index < -0.39 is 10.6 Å². The highest BCUT2D eigenvalue weighted by atomic mass is 35.5. The van der Waals surface area contributed by atoms with E-state index in [1.54, 1.807) is 0 Å². The van der Waals surface area contributed by atoms with Gasteiger partial charge in [-0.05, 0) is 31.9 Å². The van der Waals surface area contributed by atoms with Crippen LogP contribution in [0, 0.1) is 6.92 Å². The molecule has 2 fully saturated rings. The Bertz CT molecular complexity index is 756. The molecule has 0 unspecified atom stereocenters. The molecule has 7 heteroatoms. The van der Waals surface area contributed by atoms with Gasteiger partial charge in [0.2, 0.25) is 0 Å². The summed E-state index contributed by atoms with van der Waals surface area (Å²) < 4.78 is 19.6. The fraction of sp³-hybridized carbons (Fsp3) is 0.526. The molecule has 1 aromatic heterocycles. The van der Waals surface area contributed by atoms with Gasteiger partial charge < -0.3 is 4.90 Å². The molecule has 2 N–H and O–H groups in total. The monoisotopic (exact) mass is 397 g/mol. The van der Waals surface area contributed by atoms with E-state index in [9.17, 15) is 9.11 Å².